The fourth-order valence-corrected chi connectivity index (χ4v) is 3.46. The fraction of sp³-hybridized carbons (Fsp3) is 0.857. The Balaban J connectivity index is 2.23. The average molecular weight is 284 g/mol. The maximum absolute atomic E-state index is 11.8. The molecule has 5 heteroatoms. The third-order valence-corrected chi connectivity index (χ3v) is 4.34. The van der Waals surface area contributed by atoms with Crippen molar-refractivity contribution in [2.75, 3.05) is 18.1 Å². The summed E-state index contributed by atoms with van der Waals surface area (Å²) in [6, 6.07) is 2.24. The molecule has 0 radical (unpaired) electrons. The van der Waals surface area contributed by atoms with E-state index < -0.39 is 5.54 Å². The van der Waals surface area contributed by atoms with Gasteiger partial charge in [0.1, 0.15) is 5.54 Å². The van der Waals surface area contributed by atoms with Crippen LogP contribution in [0.15, 0.2) is 0 Å². The highest BCUT2D eigenvalue weighted by Crippen LogP contribution is 2.27. The monoisotopic (exact) mass is 284 g/mol. The first-order valence-corrected chi connectivity index (χ1v) is 8.04. The summed E-state index contributed by atoms with van der Waals surface area (Å²) in [5.74, 6) is 2.15. The molecule has 0 aliphatic carbocycles. The SMILES string of the molecule is CC(C)C[C@@H](C)OCCC(=O)N[C@@]1(C#N)CCSC1. The van der Waals surface area contributed by atoms with E-state index in [4.69, 9.17) is 10.00 Å². The molecule has 0 bridgehead atoms. The van der Waals surface area contributed by atoms with Crippen LogP contribution in [0.1, 0.15) is 40.0 Å². The summed E-state index contributed by atoms with van der Waals surface area (Å²) in [6.45, 7) is 6.76. The van der Waals surface area contributed by atoms with E-state index in [0.717, 1.165) is 18.6 Å². The molecular formula is C14H24N2O2S. The first-order chi connectivity index (χ1) is 8.97. The number of carbonyl (C=O) groups excluding carboxylic acids is 1. The van der Waals surface area contributed by atoms with E-state index in [9.17, 15) is 4.79 Å². The predicted molar refractivity (Wildman–Crippen MR) is 77.9 cm³/mol. The van der Waals surface area contributed by atoms with E-state index in [1.54, 1.807) is 11.8 Å². The van der Waals surface area contributed by atoms with Crippen molar-refractivity contribution in [1.29, 1.82) is 5.26 Å². The molecule has 4 nitrogen and oxygen atoms in total. The summed E-state index contributed by atoms with van der Waals surface area (Å²) in [6.07, 6.45) is 2.25. The van der Waals surface area contributed by atoms with Crippen molar-refractivity contribution < 1.29 is 9.53 Å². The van der Waals surface area contributed by atoms with E-state index in [2.05, 4.69) is 25.2 Å². The number of carbonyl (C=O) groups is 1. The molecule has 19 heavy (non-hydrogen) atoms. The van der Waals surface area contributed by atoms with Gasteiger partial charge in [-0.15, -0.1) is 0 Å². The van der Waals surface area contributed by atoms with Crippen LogP contribution in [0.3, 0.4) is 0 Å². The van der Waals surface area contributed by atoms with Gasteiger partial charge in [-0.1, -0.05) is 13.8 Å². The normalized spacial score (nSPS) is 24.2. The van der Waals surface area contributed by atoms with E-state index in [1.807, 2.05) is 6.92 Å². The van der Waals surface area contributed by atoms with Crippen LogP contribution < -0.4 is 5.32 Å². The lowest BCUT2D eigenvalue weighted by Gasteiger charge is -2.21. The first kappa shape index (κ1) is 16.3. The Morgan fingerprint density at radius 2 is 2.26 bits per heavy atom. The van der Waals surface area contributed by atoms with Gasteiger partial charge in [0.05, 0.1) is 25.2 Å². The van der Waals surface area contributed by atoms with Crippen LogP contribution in [0, 0.1) is 17.2 Å². The minimum absolute atomic E-state index is 0.0826. The molecule has 1 aliphatic heterocycles. The van der Waals surface area contributed by atoms with Crippen molar-refractivity contribution in [1.82, 2.24) is 5.32 Å². The Labute approximate surface area is 120 Å². The summed E-state index contributed by atoms with van der Waals surface area (Å²) in [7, 11) is 0. The van der Waals surface area contributed by atoms with Gasteiger partial charge in [-0.2, -0.15) is 17.0 Å². The summed E-state index contributed by atoms with van der Waals surface area (Å²) in [5.41, 5.74) is -0.648. The van der Waals surface area contributed by atoms with E-state index in [1.165, 1.54) is 0 Å². The molecule has 0 spiro atoms. The molecule has 2 atom stereocenters. The lowest BCUT2D eigenvalue weighted by Crippen LogP contribution is -2.47. The number of rotatable bonds is 7. The highest BCUT2D eigenvalue weighted by Gasteiger charge is 2.35. The number of amides is 1. The number of ether oxygens (including phenoxy) is 1. The van der Waals surface area contributed by atoms with E-state index in [-0.39, 0.29) is 12.0 Å². The van der Waals surface area contributed by atoms with Crippen molar-refractivity contribution in [3.05, 3.63) is 0 Å². The van der Waals surface area contributed by atoms with Crippen molar-refractivity contribution in [2.45, 2.75) is 51.7 Å². The lowest BCUT2D eigenvalue weighted by molar-refractivity contribution is -0.123. The Kier molecular flexibility index (Phi) is 6.67. The predicted octanol–water partition coefficient (Wildman–Crippen LogP) is 2.34. The summed E-state index contributed by atoms with van der Waals surface area (Å²) >= 11 is 1.71. The number of nitrogens with one attached hydrogen (secondary N) is 1. The quantitative estimate of drug-likeness (QED) is 0.779. The number of nitriles is 1. The van der Waals surface area contributed by atoms with E-state index >= 15 is 0 Å². The first-order valence-electron chi connectivity index (χ1n) is 6.89. The van der Waals surface area contributed by atoms with Crippen LogP contribution in [0.2, 0.25) is 0 Å². The minimum atomic E-state index is -0.648. The third-order valence-electron chi connectivity index (χ3n) is 3.15. The number of hydrogen-bond donors (Lipinski definition) is 1. The topological polar surface area (TPSA) is 62.1 Å². The summed E-state index contributed by atoms with van der Waals surface area (Å²) < 4.78 is 5.61. The van der Waals surface area contributed by atoms with Crippen molar-refractivity contribution in [2.24, 2.45) is 5.92 Å². The number of hydrogen-bond acceptors (Lipinski definition) is 4. The largest absolute Gasteiger partial charge is 0.378 e. The molecule has 0 saturated carbocycles. The standard InChI is InChI=1S/C14H24N2O2S/c1-11(2)8-12(3)18-6-4-13(17)16-14(9-15)5-7-19-10-14/h11-12H,4-8,10H2,1-3H3,(H,16,17)/t12-,14-/m1/s1. The second kappa shape index (κ2) is 7.76. The van der Waals surface area contributed by atoms with Gasteiger partial charge in [0.25, 0.3) is 0 Å². The number of nitrogens with zero attached hydrogens (tertiary/aromatic N) is 1. The van der Waals surface area contributed by atoms with Gasteiger partial charge in [0.15, 0.2) is 0 Å². The van der Waals surface area contributed by atoms with Crippen molar-refractivity contribution in [3.63, 3.8) is 0 Å². The minimum Gasteiger partial charge on any atom is -0.378 e. The van der Waals surface area contributed by atoms with Crippen LogP contribution in [0.4, 0.5) is 0 Å². The van der Waals surface area contributed by atoms with Crippen LogP contribution in [-0.2, 0) is 9.53 Å². The van der Waals surface area contributed by atoms with Crippen molar-refractivity contribution >= 4 is 17.7 Å². The van der Waals surface area contributed by atoms with Gasteiger partial charge >= 0.3 is 0 Å². The van der Waals surface area contributed by atoms with Gasteiger partial charge in [-0.05, 0) is 31.4 Å². The molecule has 1 heterocycles. The molecule has 0 aromatic heterocycles. The summed E-state index contributed by atoms with van der Waals surface area (Å²) in [4.78, 5) is 11.8. The molecule has 1 N–H and O–H groups in total. The maximum atomic E-state index is 11.8. The molecule has 1 aliphatic rings. The third kappa shape index (κ3) is 5.84. The van der Waals surface area contributed by atoms with E-state index in [0.29, 0.717) is 24.7 Å². The van der Waals surface area contributed by atoms with Crippen molar-refractivity contribution in [3.8, 4) is 6.07 Å². The van der Waals surface area contributed by atoms with Gasteiger partial charge in [0, 0.05) is 5.75 Å². The Bertz CT molecular complexity index is 333. The maximum Gasteiger partial charge on any atom is 0.223 e. The Morgan fingerprint density at radius 1 is 1.53 bits per heavy atom. The van der Waals surface area contributed by atoms with Crippen LogP contribution in [0.25, 0.3) is 0 Å². The fourth-order valence-electron chi connectivity index (χ4n) is 2.19. The second-order valence-corrected chi connectivity index (χ2v) is 6.71. The molecular weight excluding hydrogens is 260 g/mol. The zero-order chi connectivity index (χ0) is 14.3. The Morgan fingerprint density at radius 3 is 2.79 bits per heavy atom. The molecule has 1 fully saturated rings. The lowest BCUT2D eigenvalue weighted by atomic mass is 10.0. The van der Waals surface area contributed by atoms with Gasteiger partial charge in [-0.3, -0.25) is 4.79 Å². The van der Waals surface area contributed by atoms with Crippen LogP contribution in [0.5, 0.6) is 0 Å². The molecule has 0 unspecified atom stereocenters. The molecule has 0 aromatic rings. The summed E-state index contributed by atoms with van der Waals surface area (Å²) in [5, 5.41) is 12.0. The van der Waals surface area contributed by atoms with Gasteiger partial charge in [0.2, 0.25) is 5.91 Å². The Hall–Kier alpha value is -0.730. The van der Waals surface area contributed by atoms with Gasteiger partial charge in [-0.25, -0.2) is 0 Å². The van der Waals surface area contributed by atoms with Crippen LogP contribution in [-0.4, -0.2) is 35.7 Å². The number of thioether (sulfide) groups is 1. The molecule has 1 saturated heterocycles. The zero-order valence-electron chi connectivity index (χ0n) is 12.1. The molecule has 1 rings (SSSR count). The van der Waals surface area contributed by atoms with Crippen LogP contribution >= 0.6 is 11.8 Å². The molecule has 108 valence electrons. The average Bonchev–Trinajstić information content (AvgIpc) is 2.77. The second-order valence-electron chi connectivity index (χ2n) is 5.61. The molecule has 0 aromatic carbocycles. The van der Waals surface area contributed by atoms with Gasteiger partial charge < -0.3 is 10.1 Å². The zero-order valence-corrected chi connectivity index (χ0v) is 12.9. The smallest absolute Gasteiger partial charge is 0.223 e. The molecule has 1 amide bonds. The highest BCUT2D eigenvalue weighted by atomic mass is 32.2. The highest BCUT2D eigenvalue weighted by molar-refractivity contribution is 7.99.